The minimum absolute atomic E-state index is 0.0509. The Morgan fingerprint density at radius 3 is 2.44 bits per heavy atom. The number of hydrogen-bond acceptors (Lipinski definition) is 2. The Morgan fingerprint density at radius 1 is 1.56 bits per heavy atom. The van der Waals surface area contributed by atoms with Gasteiger partial charge in [0.2, 0.25) is 0 Å². The number of nitrogens with zero attached hydrogens (tertiary/aromatic N) is 1. The summed E-state index contributed by atoms with van der Waals surface area (Å²) in [6.07, 6.45) is -0.681. The second-order valence-electron chi connectivity index (χ2n) is 2.63. The maximum atomic E-state index is 12.7. The first-order valence-corrected chi connectivity index (χ1v) is 3.24. The van der Waals surface area contributed by atoms with Crippen molar-refractivity contribution in [2.75, 3.05) is 27.2 Å². The molecule has 1 saturated heterocycles. The summed E-state index contributed by atoms with van der Waals surface area (Å²) in [6, 6.07) is 0.0509. The van der Waals surface area contributed by atoms with Crippen LogP contribution in [0.3, 0.4) is 0 Å². The lowest BCUT2D eigenvalue weighted by Crippen LogP contribution is -2.33. The first-order chi connectivity index (χ1) is 4.24. The summed E-state index contributed by atoms with van der Waals surface area (Å²) in [6.45, 7) is 1.41. The Labute approximate surface area is 55.0 Å². The molecule has 2 unspecified atom stereocenters. The van der Waals surface area contributed by atoms with Crippen LogP contribution in [0.15, 0.2) is 0 Å². The molecule has 0 aromatic carbocycles. The van der Waals surface area contributed by atoms with E-state index in [9.17, 15) is 4.39 Å². The Morgan fingerprint density at radius 2 is 2.22 bits per heavy atom. The fraction of sp³-hybridized carbons (Fsp3) is 1.00. The summed E-state index contributed by atoms with van der Waals surface area (Å²) in [4.78, 5) is 1.99. The van der Waals surface area contributed by atoms with Crippen molar-refractivity contribution in [3.05, 3.63) is 0 Å². The lowest BCUT2D eigenvalue weighted by Gasteiger charge is -2.08. The third kappa shape index (κ3) is 1.40. The zero-order valence-electron chi connectivity index (χ0n) is 5.89. The highest BCUT2D eigenvalue weighted by Gasteiger charge is 2.28. The van der Waals surface area contributed by atoms with Crippen molar-refractivity contribution in [3.8, 4) is 0 Å². The fourth-order valence-electron chi connectivity index (χ4n) is 1.22. The Bertz CT molecular complexity index is 97.1. The summed E-state index contributed by atoms with van der Waals surface area (Å²) in [5.74, 6) is 0. The van der Waals surface area contributed by atoms with Gasteiger partial charge < -0.3 is 10.2 Å². The van der Waals surface area contributed by atoms with Crippen molar-refractivity contribution < 1.29 is 4.39 Å². The summed E-state index contributed by atoms with van der Waals surface area (Å²) in [7, 11) is 3.74. The molecule has 1 aliphatic rings. The Balaban J connectivity index is 2.38. The van der Waals surface area contributed by atoms with Crippen LogP contribution in [-0.2, 0) is 0 Å². The van der Waals surface area contributed by atoms with Gasteiger partial charge in [-0.15, -0.1) is 0 Å². The molecule has 2 atom stereocenters. The van der Waals surface area contributed by atoms with E-state index in [2.05, 4.69) is 5.32 Å². The molecule has 0 radical (unpaired) electrons. The molecular weight excluding hydrogens is 119 g/mol. The summed E-state index contributed by atoms with van der Waals surface area (Å²) in [5, 5.41) is 2.93. The summed E-state index contributed by atoms with van der Waals surface area (Å²) < 4.78 is 12.7. The minimum atomic E-state index is -0.681. The third-order valence-corrected chi connectivity index (χ3v) is 1.80. The molecule has 0 spiro atoms. The average Bonchev–Trinajstić information content (AvgIpc) is 2.10. The smallest absolute Gasteiger partial charge is 0.129 e. The number of rotatable bonds is 1. The molecule has 0 amide bonds. The van der Waals surface area contributed by atoms with Gasteiger partial charge in [-0.1, -0.05) is 0 Å². The molecule has 54 valence electrons. The SMILES string of the molecule is CNC1CN(C)CC1F. The maximum Gasteiger partial charge on any atom is 0.129 e. The van der Waals surface area contributed by atoms with E-state index >= 15 is 0 Å². The monoisotopic (exact) mass is 132 g/mol. The highest BCUT2D eigenvalue weighted by atomic mass is 19.1. The molecule has 1 rings (SSSR count). The summed E-state index contributed by atoms with van der Waals surface area (Å²) in [5.41, 5.74) is 0. The van der Waals surface area contributed by atoms with E-state index in [1.807, 2.05) is 11.9 Å². The van der Waals surface area contributed by atoms with Crippen LogP contribution < -0.4 is 5.32 Å². The molecule has 1 N–H and O–H groups in total. The van der Waals surface area contributed by atoms with E-state index in [0.717, 1.165) is 6.54 Å². The lowest BCUT2D eigenvalue weighted by atomic mass is 10.2. The third-order valence-electron chi connectivity index (χ3n) is 1.80. The molecule has 0 aromatic heterocycles. The molecule has 0 aliphatic carbocycles. The van der Waals surface area contributed by atoms with Gasteiger partial charge >= 0.3 is 0 Å². The van der Waals surface area contributed by atoms with Gasteiger partial charge in [-0.05, 0) is 14.1 Å². The molecule has 3 heteroatoms. The molecule has 2 nitrogen and oxygen atoms in total. The Kier molecular flexibility index (Phi) is 2.03. The van der Waals surface area contributed by atoms with Crippen molar-refractivity contribution in [1.29, 1.82) is 0 Å². The average molecular weight is 132 g/mol. The number of nitrogens with one attached hydrogen (secondary N) is 1. The first-order valence-electron chi connectivity index (χ1n) is 3.24. The van der Waals surface area contributed by atoms with Gasteiger partial charge in [-0.25, -0.2) is 4.39 Å². The van der Waals surface area contributed by atoms with E-state index in [4.69, 9.17) is 0 Å². The lowest BCUT2D eigenvalue weighted by molar-refractivity contribution is 0.297. The first kappa shape index (κ1) is 6.96. The van der Waals surface area contributed by atoms with E-state index in [1.54, 1.807) is 7.05 Å². The molecular formula is C6H13FN2. The maximum absolute atomic E-state index is 12.7. The highest BCUT2D eigenvalue weighted by molar-refractivity contribution is 4.86. The molecule has 0 aromatic rings. The molecule has 1 fully saturated rings. The van der Waals surface area contributed by atoms with Gasteiger partial charge in [0, 0.05) is 13.1 Å². The second-order valence-corrected chi connectivity index (χ2v) is 2.63. The van der Waals surface area contributed by atoms with E-state index in [1.165, 1.54) is 0 Å². The molecule has 1 aliphatic heterocycles. The largest absolute Gasteiger partial charge is 0.313 e. The number of likely N-dealkylation sites (N-methyl/N-ethyl adjacent to an activating group) is 2. The predicted octanol–water partition coefficient (Wildman–Crippen LogP) is -0.142. The van der Waals surface area contributed by atoms with Crippen molar-refractivity contribution in [1.82, 2.24) is 10.2 Å². The van der Waals surface area contributed by atoms with Crippen LogP contribution in [-0.4, -0.2) is 44.3 Å². The second kappa shape index (κ2) is 2.62. The van der Waals surface area contributed by atoms with Crippen molar-refractivity contribution in [2.45, 2.75) is 12.2 Å². The molecule has 0 saturated carbocycles. The van der Waals surface area contributed by atoms with Gasteiger partial charge in [0.15, 0.2) is 0 Å². The van der Waals surface area contributed by atoms with Crippen LogP contribution in [0.1, 0.15) is 0 Å². The summed E-state index contributed by atoms with van der Waals surface area (Å²) >= 11 is 0. The van der Waals surface area contributed by atoms with Gasteiger partial charge in [-0.3, -0.25) is 0 Å². The zero-order chi connectivity index (χ0) is 6.85. The normalized spacial score (nSPS) is 37.7. The molecule has 0 bridgehead atoms. The van der Waals surface area contributed by atoms with Crippen LogP contribution in [0.4, 0.5) is 4.39 Å². The van der Waals surface area contributed by atoms with Crippen molar-refractivity contribution in [2.24, 2.45) is 0 Å². The van der Waals surface area contributed by atoms with Crippen LogP contribution in [0.2, 0.25) is 0 Å². The van der Waals surface area contributed by atoms with Crippen molar-refractivity contribution in [3.63, 3.8) is 0 Å². The molecule has 1 heterocycles. The minimum Gasteiger partial charge on any atom is -0.313 e. The quantitative estimate of drug-likeness (QED) is 0.534. The van der Waals surface area contributed by atoms with Gasteiger partial charge in [-0.2, -0.15) is 0 Å². The number of hydrogen-bond donors (Lipinski definition) is 1. The predicted molar refractivity (Wildman–Crippen MR) is 35.2 cm³/mol. The van der Waals surface area contributed by atoms with E-state index in [0.29, 0.717) is 6.54 Å². The fourth-order valence-corrected chi connectivity index (χ4v) is 1.22. The number of halogens is 1. The van der Waals surface area contributed by atoms with Crippen LogP contribution in [0.25, 0.3) is 0 Å². The van der Waals surface area contributed by atoms with Gasteiger partial charge in [0.05, 0.1) is 6.04 Å². The Hall–Kier alpha value is -0.150. The number of alkyl halides is 1. The van der Waals surface area contributed by atoms with E-state index in [-0.39, 0.29) is 6.04 Å². The van der Waals surface area contributed by atoms with Crippen LogP contribution >= 0.6 is 0 Å². The van der Waals surface area contributed by atoms with Crippen LogP contribution in [0, 0.1) is 0 Å². The van der Waals surface area contributed by atoms with Crippen LogP contribution in [0.5, 0.6) is 0 Å². The van der Waals surface area contributed by atoms with E-state index < -0.39 is 6.17 Å². The standard InChI is InChI=1S/C6H13FN2/c1-8-6-4-9(2)3-5(6)7/h5-6,8H,3-4H2,1-2H3. The molecule has 9 heavy (non-hydrogen) atoms. The highest BCUT2D eigenvalue weighted by Crippen LogP contribution is 2.09. The van der Waals surface area contributed by atoms with Gasteiger partial charge in [0.1, 0.15) is 6.17 Å². The van der Waals surface area contributed by atoms with Gasteiger partial charge in [0.25, 0.3) is 0 Å². The number of likely N-dealkylation sites (tertiary alicyclic amines) is 1. The zero-order valence-corrected chi connectivity index (χ0v) is 5.89. The van der Waals surface area contributed by atoms with Crippen molar-refractivity contribution >= 4 is 0 Å². The topological polar surface area (TPSA) is 15.3 Å².